The normalized spacial score (nSPS) is 11.8. The summed E-state index contributed by atoms with van der Waals surface area (Å²) in [6.45, 7) is -0.114. The molecule has 0 atom stereocenters. The molecule has 0 spiro atoms. The molecular weight excluding hydrogens is 242 g/mol. The van der Waals surface area contributed by atoms with Crippen LogP contribution in [0.3, 0.4) is 0 Å². The van der Waals surface area contributed by atoms with E-state index in [1.165, 1.54) is 6.08 Å². The number of carboxylic acids is 1. The first-order valence-electron chi connectivity index (χ1n) is 4.94. The molecule has 0 saturated carbocycles. The van der Waals surface area contributed by atoms with Gasteiger partial charge in [-0.1, -0.05) is 30.3 Å². The van der Waals surface area contributed by atoms with Crippen molar-refractivity contribution in [3.63, 3.8) is 0 Å². The minimum Gasteiger partial charge on any atom is -0.481 e. The number of sulfonamides is 1. The number of nitrogens with one attached hydrogen (secondary N) is 1. The van der Waals surface area contributed by atoms with Crippen molar-refractivity contribution < 1.29 is 18.3 Å². The van der Waals surface area contributed by atoms with Crippen LogP contribution in [0.2, 0.25) is 0 Å². The summed E-state index contributed by atoms with van der Waals surface area (Å²) in [5.41, 5.74) is 0.760. The van der Waals surface area contributed by atoms with E-state index in [0.717, 1.165) is 11.0 Å². The van der Waals surface area contributed by atoms with E-state index < -0.39 is 16.0 Å². The molecule has 0 aromatic heterocycles. The number of rotatable bonds is 6. The Balaban J connectivity index is 2.55. The van der Waals surface area contributed by atoms with Crippen molar-refractivity contribution in [1.82, 2.24) is 4.72 Å². The number of benzene rings is 1. The predicted molar refractivity (Wildman–Crippen MR) is 64.7 cm³/mol. The van der Waals surface area contributed by atoms with Gasteiger partial charge in [-0.2, -0.15) is 0 Å². The van der Waals surface area contributed by atoms with Crippen LogP contribution in [0.25, 0.3) is 6.08 Å². The number of aliphatic carboxylic acids is 1. The van der Waals surface area contributed by atoms with E-state index in [1.807, 2.05) is 6.07 Å². The molecule has 0 bridgehead atoms. The van der Waals surface area contributed by atoms with Crippen LogP contribution >= 0.6 is 0 Å². The number of carboxylic acid groups (broad SMARTS) is 1. The highest BCUT2D eigenvalue weighted by Crippen LogP contribution is 2.02. The van der Waals surface area contributed by atoms with Gasteiger partial charge >= 0.3 is 5.97 Å². The molecule has 5 nitrogen and oxygen atoms in total. The summed E-state index contributed by atoms with van der Waals surface area (Å²) >= 11 is 0. The molecule has 92 valence electrons. The van der Waals surface area contributed by atoms with Gasteiger partial charge in [-0.3, -0.25) is 4.79 Å². The van der Waals surface area contributed by atoms with Gasteiger partial charge in [0.2, 0.25) is 10.0 Å². The van der Waals surface area contributed by atoms with E-state index in [4.69, 9.17) is 5.11 Å². The van der Waals surface area contributed by atoms with Gasteiger partial charge in [-0.15, -0.1) is 0 Å². The van der Waals surface area contributed by atoms with Gasteiger partial charge < -0.3 is 5.11 Å². The SMILES string of the molecule is O=C(O)CCNS(=O)(=O)C=Cc1ccccc1. The summed E-state index contributed by atoms with van der Waals surface area (Å²) in [5.74, 6) is -1.04. The first-order chi connectivity index (χ1) is 7.99. The van der Waals surface area contributed by atoms with E-state index >= 15 is 0 Å². The van der Waals surface area contributed by atoms with E-state index in [2.05, 4.69) is 4.72 Å². The lowest BCUT2D eigenvalue weighted by Crippen LogP contribution is -2.24. The highest BCUT2D eigenvalue weighted by atomic mass is 32.2. The Bertz CT molecular complexity index is 493. The molecule has 6 heteroatoms. The minimum atomic E-state index is -3.57. The van der Waals surface area contributed by atoms with E-state index in [9.17, 15) is 13.2 Å². The standard InChI is InChI=1S/C11H13NO4S/c13-11(14)6-8-12-17(15,16)9-7-10-4-2-1-3-5-10/h1-5,7,9,12H,6,8H2,(H,13,14). The van der Waals surface area contributed by atoms with Gasteiger partial charge in [0.1, 0.15) is 0 Å². The largest absolute Gasteiger partial charge is 0.481 e. The van der Waals surface area contributed by atoms with E-state index in [1.54, 1.807) is 24.3 Å². The number of hydrogen-bond donors (Lipinski definition) is 2. The molecule has 0 aliphatic carbocycles. The van der Waals surface area contributed by atoms with E-state index in [-0.39, 0.29) is 13.0 Å². The van der Waals surface area contributed by atoms with Crippen molar-refractivity contribution in [2.24, 2.45) is 0 Å². The van der Waals surface area contributed by atoms with Gasteiger partial charge in [0.15, 0.2) is 0 Å². The molecule has 0 radical (unpaired) electrons. The lowest BCUT2D eigenvalue weighted by atomic mass is 10.2. The second-order valence-electron chi connectivity index (χ2n) is 3.30. The van der Waals surface area contributed by atoms with E-state index in [0.29, 0.717) is 0 Å². The maximum Gasteiger partial charge on any atom is 0.304 e. The van der Waals surface area contributed by atoms with Gasteiger partial charge in [-0.25, -0.2) is 13.1 Å². The Hall–Kier alpha value is -1.66. The van der Waals surface area contributed by atoms with Crippen molar-refractivity contribution in [2.75, 3.05) is 6.54 Å². The third-order valence-corrected chi connectivity index (χ3v) is 2.98. The van der Waals surface area contributed by atoms with Crippen molar-refractivity contribution in [3.8, 4) is 0 Å². The average molecular weight is 255 g/mol. The summed E-state index contributed by atoms with van der Waals surface area (Å²) in [7, 11) is -3.57. The lowest BCUT2D eigenvalue weighted by molar-refractivity contribution is -0.136. The number of carbonyl (C=O) groups is 1. The van der Waals surface area contributed by atoms with Crippen LogP contribution in [-0.4, -0.2) is 26.0 Å². The second-order valence-corrected chi connectivity index (χ2v) is 4.95. The first kappa shape index (κ1) is 13.4. The van der Waals surface area contributed by atoms with Crippen molar-refractivity contribution >= 4 is 22.1 Å². The summed E-state index contributed by atoms with van der Waals surface area (Å²) in [6, 6.07) is 8.96. The van der Waals surface area contributed by atoms with Crippen LogP contribution in [0.4, 0.5) is 0 Å². The molecule has 0 aliphatic rings. The Morgan fingerprint density at radius 3 is 2.53 bits per heavy atom. The molecule has 1 aromatic carbocycles. The van der Waals surface area contributed by atoms with Crippen LogP contribution in [-0.2, 0) is 14.8 Å². The average Bonchev–Trinajstić information content (AvgIpc) is 2.27. The van der Waals surface area contributed by atoms with Gasteiger partial charge in [0, 0.05) is 12.0 Å². The molecule has 0 amide bonds. The lowest BCUT2D eigenvalue weighted by Gasteiger charge is -1.99. The summed E-state index contributed by atoms with van der Waals surface area (Å²) in [5, 5.41) is 9.38. The topological polar surface area (TPSA) is 83.5 Å². The Labute approximate surface area is 99.8 Å². The zero-order chi connectivity index (χ0) is 12.7. The van der Waals surface area contributed by atoms with Gasteiger partial charge in [0.05, 0.1) is 6.42 Å². The van der Waals surface area contributed by atoms with Crippen molar-refractivity contribution in [3.05, 3.63) is 41.3 Å². The maximum atomic E-state index is 11.4. The molecule has 0 heterocycles. The molecule has 0 unspecified atom stereocenters. The Morgan fingerprint density at radius 1 is 1.29 bits per heavy atom. The van der Waals surface area contributed by atoms with Gasteiger partial charge in [-0.05, 0) is 11.6 Å². The smallest absolute Gasteiger partial charge is 0.304 e. The first-order valence-corrected chi connectivity index (χ1v) is 6.49. The molecule has 2 N–H and O–H groups in total. The fourth-order valence-corrected chi connectivity index (χ4v) is 1.90. The van der Waals surface area contributed by atoms with Crippen LogP contribution in [0.1, 0.15) is 12.0 Å². The van der Waals surface area contributed by atoms with Crippen LogP contribution < -0.4 is 4.72 Å². The zero-order valence-corrected chi connectivity index (χ0v) is 9.85. The quantitative estimate of drug-likeness (QED) is 0.796. The molecule has 0 saturated heterocycles. The third-order valence-electron chi connectivity index (χ3n) is 1.88. The third kappa shape index (κ3) is 5.84. The fourth-order valence-electron chi connectivity index (χ4n) is 1.08. The van der Waals surface area contributed by atoms with Crippen LogP contribution in [0.15, 0.2) is 35.7 Å². The van der Waals surface area contributed by atoms with Crippen molar-refractivity contribution in [1.29, 1.82) is 0 Å². The maximum absolute atomic E-state index is 11.4. The predicted octanol–water partition coefficient (Wildman–Crippen LogP) is 1.05. The minimum absolute atomic E-state index is 0.114. The molecule has 17 heavy (non-hydrogen) atoms. The molecular formula is C11H13NO4S. The van der Waals surface area contributed by atoms with Gasteiger partial charge in [0.25, 0.3) is 0 Å². The Morgan fingerprint density at radius 2 is 1.94 bits per heavy atom. The molecule has 0 fully saturated rings. The summed E-state index contributed by atoms with van der Waals surface area (Å²) in [4.78, 5) is 10.2. The number of hydrogen-bond acceptors (Lipinski definition) is 3. The van der Waals surface area contributed by atoms with Crippen LogP contribution in [0, 0.1) is 0 Å². The zero-order valence-electron chi connectivity index (χ0n) is 9.04. The molecule has 0 aliphatic heterocycles. The highest BCUT2D eigenvalue weighted by Gasteiger charge is 2.05. The second kappa shape index (κ2) is 6.17. The van der Waals surface area contributed by atoms with Crippen molar-refractivity contribution in [2.45, 2.75) is 6.42 Å². The fraction of sp³-hybridized carbons (Fsp3) is 0.182. The highest BCUT2D eigenvalue weighted by molar-refractivity contribution is 7.92. The van der Waals surface area contributed by atoms with Crippen LogP contribution in [0.5, 0.6) is 0 Å². The summed E-state index contributed by atoms with van der Waals surface area (Å²) in [6.07, 6.45) is 1.21. The Kier molecular flexibility index (Phi) is 4.86. The molecule has 1 rings (SSSR count). The molecule has 1 aromatic rings. The monoisotopic (exact) mass is 255 g/mol. The summed E-state index contributed by atoms with van der Waals surface area (Å²) < 4.78 is 25.0.